The lowest BCUT2D eigenvalue weighted by Crippen LogP contribution is -2.29. The average Bonchev–Trinajstić information content (AvgIpc) is 3.06. The number of rotatable bonds is 2. The third-order valence-corrected chi connectivity index (χ3v) is 6.01. The maximum atomic E-state index is 9.46. The molecule has 2 N–H and O–H groups in total. The largest absolute Gasteiger partial charge is 0.488 e. The minimum atomic E-state index is -1.46. The van der Waals surface area contributed by atoms with E-state index in [1.54, 1.807) is 6.07 Å². The molecule has 0 aliphatic rings. The molecule has 0 aliphatic carbocycles. The van der Waals surface area contributed by atoms with Crippen molar-refractivity contribution >= 4 is 54.9 Å². The van der Waals surface area contributed by atoms with Gasteiger partial charge in [-0.25, -0.2) is 0 Å². The minimum Gasteiger partial charge on any atom is -0.423 e. The molecule has 0 fully saturated rings. The zero-order valence-corrected chi connectivity index (χ0v) is 14.7. The molecule has 0 radical (unpaired) electrons. The lowest BCUT2D eigenvalue weighted by molar-refractivity contribution is 0.426. The van der Waals surface area contributed by atoms with Crippen LogP contribution in [0.15, 0.2) is 78.9 Å². The van der Waals surface area contributed by atoms with Crippen LogP contribution in [0.3, 0.4) is 0 Å². The Balaban J connectivity index is 1.81. The molecule has 5 aromatic rings. The summed E-state index contributed by atoms with van der Waals surface area (Å²) in [7, 11) is -1.46. The van der Waals surface area contributed by atoms with E-state index in [1.807, 2.05) is 29.5 Å². The molecular weight excluding hydrogens is 339 g/mol. The number of hydrogen-bond donors (Lipinski definition) is 2. The van der Waals surface area contributed by atoms with Gasteiger partial charge in [-0.15, -0.1) is 11.3 Å². The van der Waals surface area contributed by atoms with E-state index in [4.69, 9.17) is 0 Å². The first-order chi connectivity index (χ1) is 12.7. The third-order valence-electron chi connectivity index (χ3n) is 4.88. The molecule has 0 saturated heterocycles. The molecule has 0 saturated carbocycles. The first-order valence-electron chi connectivity index (χ1n) is 8.51. The fourth-order valence-corrected chi connectivity index (χ4v) is 4.72. The summed E-state index contributed by atoms with van der Waals surface area (Å²) in [6.07, 6.45) is 0. The predicted octanol–water partition coefficient (Wildman–Crippen LogP) is 4.55. The Morgan fingerprint density at radius 1 is 0.654 bits per heavy atom. The summed E-state index contributed by atoms with van der Waals surface area (Å²) >= 11 is 1.82. The SMILES string of the molecule is OB(O)c1cccc(-c2ccc3ccc4sc5ccccc5c4c3c2)c1. The van der Waals surface area contributed by atoms with Crippen molar-refractivity contribution in [3.05, 3.63) is 78.9 Å². The summed E-state index contributed by atoms with van der Waals surface area (Å²) in [5.74, 6) is 0. The molecule has 4 aromatic carbocycles. The monoisotopic (exact) mass is 354 g/mol. The molecule has 5 rings (SSSR count). The van der Waals surface area contributed by atoms with Crippen molar-refractivity contribution in [1.29, 1.82) is 0 Å². The Hall–Kier alpha value is -2.66. The van der Waals surface area contributed by atoms with Gasteiger partial charge in [0.05, 0.1) is 0 Å². The van der Waals surface area contributed by atoms with Gasteiger partial charge in [-0.1, -0.05) is 60.7 Å². The topological polar surface area (TPSA) is 40.5 Å². The zero-order chi connectivity index (χ0) is 17.7. The average molecular weight is 354 g/mol. The summed E-state index contributed by atoms with van der Waals surface area (Å²) in [5.41, 5.74) is 2.55. The molecule has 0 bridgehead atoms. The second kappa shape index (κ2) is 5.96. The highest BCUT2D eigenvalue weighted by Crippen LogP contribution is 2.39. The molecule has 2 nitrogen and oxygen atoms in total. The quantitative estimate of drug-likeness (QED) is 0.457. The Kier molecular flexibility index (Phi) is 3.57. The van der Waals surface area contributed by atoms with E-state index in [0.717, 1.165) is 11.1 Å². The fraction of sp³-hybridized carbons (Fsp3) is 0. The standard InChI is InChI=1S/C22H15BO2S/c24-23(25)17-5-3-4-15(12-17)16-9-8-14-10-11-21-22(19(14)13-16)18-6-1-2-7-20(18)26-21/h1-13,24-25H. The maximum absolute atomic E-state index is 9.46. The van der Waals surface area contributed by atoms with Crippen LogP contribution in [-0.2, 0) is 0 Å². The highest BCUT2D eigenvalue weighted by atomic mass is 32.1. The van der Waals surface area contributed by atoms with Crippen molar-refractivity contribution in [1.82, 2.24) is 0 Å². The van der Waals surface area contributed by atoms with Crippen molar-refractivity contribution in [2.24, 2.45) is 0 Å². The first-order valence-corrected chi connectivity index (χ1v) is 9.33. The Labute approximate surface area is 155 Å². The second-order valence-corrected chi connectivity index (χ2v) is 7.56. The van der Waals surface area contributed by atoms with Gasteiger partial charge in [0.15, 0.2) is 0 Å². The van der Waals surface area contributed by atoms with E-state index in [0.29, 0.717) is 5.46 Å². The minimum absolute atomic E-state index is 0.502. The molecule has 4 heteroatoms. The van der Waals surface area contributed by atoms with Crippen LogP contribution in [0.4, 0.5) is 0 Å². The third kappa shape index (κ3) is 2.43. The van der Waals surface area contributed by atoms with Crippen molar-refractivity contribution in [3.8, 4) is 11.1 Å². The summed E-state index contributed by atoms with van der Waals surface area (Å²) in [4.78, 5) is 0. The maximum Gasteiger partial charge on any atom is 0.488 e. The highest BCUT2D eigenvalue weighted by Gasteiger charge is 2.13. The Bertz CT molecular complexity index is 1270. The number of benzene rings is 4. The first kappa shape index (κ1) is 15.6. The summed E-state index contributed by atoms with van der Waals surface area (Å²) in [6.45, 7) is 0. The van der Waals surface area contributed by atoms with Crippen molar-refractivity contribution < 1.29 is 10.0 Å². The van der Waals surface area contributed by atoms with E-state index in [-0.39, 0.29) is 0 Å². The summed E-state index contributed by atoms with van der Waals surface area (Å²) < 4.78 is 2.58. The highest BCUT2D eigenvalue weighted by molar-refractivity contribution is 7.26. The molecule has 0 amide bonds. The van der Waals surface area contributed by atoms with Gasteiger partial charge in [0.25, 0.3) is 0 Å². The van der Waals surface area contributed by atoms with Crippen LogP contribution >= 0.6 is 11.3 Å². The number of thiophene rings is 1. The van der Waals surface area contributed by atoms with E-state index >= 15 is 0 Å². The van der Waals surface area contributed by atoms with Crippen molar-refractivity contribution in [3.63, 3.8) is 0 Å². The van der Waals surface area contributed by atoms with E-state index in [2.05, 4.69) is 54.6 Å². The second-order valence-electron chi connectivity index (χ2n) is 6.47. The van der Waals surface area contributed by atoms with Crippen LogP contribution in [0.5, 0.6) is 0 Å². The zero-order valence-electron chi connectivity index (χ0n) is 13.9. The molecule has 1 aromatic heterocycles. The molecular formula is C22H15BO2S. The van der Waals surface area contributed by atoms with Crippen LogP contribution in [0, 0.1) is 0 Å². The normalized spacial score (nSPS) is 11.5. The van der Waals surface area contributed by atoms with Gasteiger partial charge in [0, 0.05) is 20.2 Å². The van der Waals surface area contributed by atoms with Crippen LogP contribution in [-0.4, -0.2) is 17.2 Å². The van der Waals surface area contributed by atoms with Crippen LogP contribution in [0.2, 0.25) is 0 Å². The summed E-state index contributed by atoms with van der Waals surface area (Å²) in [5, 5.41) is 23.9. The van der Waals surface area contributed by atoms with Crippen LogP contribution in [0.1, 0.15) is 0 Å². The van der Waals surface area contributed by atoms with Crippen LogP contribution in [0.25, 0.3) is 42.1 Å². The molecule has 0 spiro atoms. The van der Waals surface area contributed by atoms with Gasteiger partial charge in [-0.2, -0.15) is 0 Å². The lowest BCUT2D eigenvalue weighted by Gasteiger charge is -2.08. The van der Waals surface area contributed by atoms with Gasteiger partial charge in [0.1, 0.15) is 0 Å². The molecule has 0 atom stereocenters. The van der Waals surface area contributed by atoms with Gasteiger partial charge < -0.3 is 10.0 Å². The summed E-state index contributed by atoms with van der Waals surface area (Å²) in [6, 6.07) is 26.7. The number of fused-ring (bicyclic) bond motifs is 5. The van der Waals surface area contributed by atoms with Crippen molar-refractivity contribution in [2.75, 3.05) is 0 Å². The molecule has 0 unspecified atom stereocenters. The Morgan fingerprint density at radius 2 is 1.46 bits per heavy atom. The lowest BCUT2D eigenvalue weighted by atomic mass is 9.79. The molecule has 0 aliphatic heterocycles. The molecule has 26 heavy (non-hydrogen) atoms. The van der Waals surface area contributed by atoms with Crippen LogP contribution < -0.4 is 5.46 Å². The van der Waals surface area contributed by atoms with Gasteiger partial charge in [0.2, 0.25) is 0 Å². The van der Waals surface area contributed by atoms with E-state index in [9.17, 15) is 10.0 Å². The van der Waals surface area contributed by atoms with Gasteiger partial charge >= 0.3 is 7.12 Å². The predicted molar refractivity (Wildman–Crippen MR) is 112 cm³/mol. The fourth-order valence-electron chi connectivity index (χ4n) is 3.60. The molecule has 1 heterocycles. The number of hydrogen-bond acceptors (Lipinski definition) is 3. The van der Waals surface area contributed by atoms with Gasteiger partial charge in [-0.05, 0) is 45.6 Å². The van der Waals surface area contributed by atoms with Gasteiger partial charge in [-0.3, -0.25) is 0 Å². The van der Waals surface area contributed by atoms with E-state index in [1.165, 1.54) is 30.9 Å². The molecule has 124 valence electrons. The smallest absolute Gasteiger partial charge is 0.423 e. The van der Waals surface area contributed by atoms with E-state index < -0.39 is 7.12 Å². The Morgan fingerprint density at radius 3 is 2.35 bits per heavy atom. The van der Waals surface area contributed by atoms with Crippen molar-refractivity contribution in [2.45, 2.75) is 0 Å².